The summed E-state index contributed by atoms with van der Waals surface area (Å²) in [5.74, 6) is 0. The van der Waals surface area contributed by atoms with E-state index in [0.29, 0.717) is 0 Å². The van der Waals surface area contributed by atoms with Crippen molar-refractivity contribution in [2.24, 2.45) is 0 Å². The van der Waals surface area contributed by atoms with E-state index in [1.165, 1.54) is 11.3 Å². The number of thiophene rings is 1. The lowest BCUT2D eigenvalue weighted by molar-refractivity contribution is 0.112. The lowest BCUT2D eigenvalue weighted by Gasteiger charge is -1.96. The van der Waals surface area contributed by atoms with Crippen molar-refractivity contribution in [2.45, 2.75) is 4.90 Å². The quantitative estimate of drug-likeness (QED) is 0.618. The molecule has 1 aromatic heterocycles. The molecule has 0 radical (unpaired) electrons. The number of hydrogen-bond acceptors (Lipinski definition) is 3. The molecular weight excluding hydrogens is 268 g/mol. The van der Waals surface area contributed by atoms with E-state index in [2.05, 4.69) is 28.6 Å². The monoisotopic (exact) mass is 272 g/mol. The number of carbonyl (C=O) groups is 1. The van der Waals surface area contributed by atoms with Crippen LogP contribution >= 0.6 is 39.9 Å². The zero-order chi connectivity index (χ0) is 9.42. The van der Waals surface area contributed by atoms with Gasteiger partial charge in [0.05, 0.1) is 9.58 Å². The molecular formula is C9H5BrOS2. The molecule has 1 aromatic carbocycles. The standard InChI is InChI=1S/C9H5BrOS2/c10-8-7(12)2-1-5-3-6(4-11)13-9(5)8/h1-4,12H. The highest BCUT2D eigenvalue weighted by Crippen LogP contribution is 2.35. The lowest BCUT2D eigenvalue weighted by atomic mass is 10.2. The fourth-order valence-corrected chi connectivity index (χ4v) is 2.92. The SMILES string of the molecule is O=Cc1cc2ccc(S)c(Br)c2s1. The molecule has 0 fully saturated rings. The Morgan fingerprint density at radius 3 is 2.92 bits per heavy atom. The van der Waals surface area contributed by atoms with Crippen molar-refractivity contribution in [1.29, 1.82) is 0 Å². The minimum Gasteiger partial charge on any atom is -0.297 e. The Balaban J connectivity index is 2.83. The third-order valence-corrected chi connectivity index (χ3v) is 4.60. The number of hydrogen-bond donors (Lipinski definition) is 1. The van der Waals surface area contributed by atoms with Crippen LogP contribution in [0.5, 0.6) is 0 Å². The summed E-state index contributed by atoms with van der Waals surface area (Å²) in [5.41, 5.74) is 0. The molecule has 0 bridgehead atoms. The summed E-state index contributed by atoms with van der Waals surface area (Å²) in [6, 6.07) is 5.76. The summed E-state index contributed by atoms with van der Waals surface area (Å²) < 4.78 is 2.04. The number of halogens is 1. The molecule has 0 aliphatic rings. The summed E-state index contributed by atoms with van der Waals surface area (Å²) >= 11 is 9.20. The Labute approximate surface area is 93.3 Å². The van der Waals surface area contributed by atoms with Crippen molar-refractivity contribution in [2.75, 3.05) is 0 Å². The second-order valence-corrected chi connectivity index (χ2v) is 4.94. The third kappa shape index (κ3) is 1.54. The van der Waals surface area contributed by atoms with Gasteiger partial charge in [-0.05, 0) is 33.4 Å². The van der Waals surface area contributed by atoms with Crippen molar-refractivity contribution < 1.29 is 4.79 Å². The first-order valence-corrected chi connectivity index (χ1v) is 5.64. The Morgan fingerprint density at radius 2 is 2.23 bits per heavy atom. The Kier molecular flexibility index (Phi) is 2.45. The molecule has 1 heterocycles. The van der Waals surface area contributed by atoms with Crippen molar-refractivity contribution in [3.8, 4) is 0 Å². The molecule has 0 atom stereocenters. The van der Waals surface area contributed by atoms with E-state index >= 15 is 0 Å². The van der Waals surface area contributed by atoms with Gasteiger partial charge < -0.3 is 0 Å². The molecule has 1 nitrogen and oxygen atoms in total. The zero-order valence-electron chi connectivity index (χ0n) is 6.45. The van der Waals surface area contributed by atoms with Crippen LogP contribution in [-0.2, 0) is 0 Å². The van der Waals surface area contributed by atoms with E-state index in [9.17, 15) is 4.79 Å². The second kappa shape index (κ2) is 3.44. The summed E-state index contributed by atoms with van der Waals surface area (Å²) in [6.45, 7) is 0. The minimum absolute atomic E-state index is 0.745. The maximum atomic E-state index is 10.5. The second-order valence-electron chi connectivity index (χ2n) is 2.58. The molecule has 0 spiro atoms. The van der Waals surface area contributed by atoms with Crippen LogP contribution in [0.15, 0.2) is 27.6 Å². The van der Waals surface area contributed by atoms with E-state index in [1.54, 1.807) is 0 Å². The molecule has 0 aliphatic carbocycles. The molecule has 0 saturated carbocycles. The number of aldehydes is 1. The Morgan fingerprint density at radius 1 is 1.46 bits per heavy atom. The van der Waals surface area contributed by atoms with Gasteiger partial charge in [0.1, 0.15) is 0 Å². The number of fused-ring (bicyclic) bond motifs is 1. The third-order valence-electron chi connectivity index (χ3n) is 1.74. The summed E-state index contributed by atoms with van der Waals surface area (Å²) in [4.78, 5) is 12.2. The molecule has 0 amide bonds. The van der Waals surface area contributed by atoms with Crippen LogP contribution < -0.4 is 0 Å². The van der Waals surface area contributed by atoms with Crippen molar-refractivity contribution in [1.82, 2.24) is 0 Å². The van der Waals surface area contributed by atoms with Crippen LogP contribution in [0.2, 0.25) is 0 Å². The molecule has 0 unspecified atom stereocenters. The molecule has 0 N–H and O–H groups in total. The highest BCUT2D eigenvalue weighted by molar-refractivity contribution is 9.10. The largest absolute Gasteiger partial charge is 0.297 e. The fourth-order valence-electron chi connectivity index (χ4n) is 1.14. The van der Waals surface area contributed by atoms with Crippen LogP contribution in [0.1, 0.15) is 9.67 Å². The van der Waals surface area contributed by atoms with Gasteiger partial charge in [0.25, 0.3) is 0 Å². The molecule has 66 valence electrons. The van der Waals surface area contributed by atoms with Gasteiger partial charge in [-0.15, -0.1) is 24.0 Å². The number of rotatable bonds is 1. The highest BCUT2D eigenvalue weighted by Gasteiger charge is 2.06. The fraction of sp³-hybridized carbons (Fsp3) is 0. The molecule has 4 heteroatoms. The van der Waals surface area contributed by atoms with Gasteiger partial charge in [-0.1, -0.05) is 6.07 Å². The average molecular weight is 273 g/mol. The number of carbonyl (C=O) groups excluding carboxylic acids is 1. The predicted octanol–water partition coefficient (Wildman–Crippen LogP) is 3.77. The minimum atomic E-state index is 0.745. The maximum absolute atomic E-state index is 10.5. The van der Waals surface area contributed by atoms with Gasteiger partial charge in [-0.3, -0.25) is 4.79 Å². The van der Waals surface area contributed by atoms with Crippen LogP contribution in [0.4, 0.5) is 0 Å². The zero-order valence-corrected chi connectivity index (χ0v) is 9.75. The van der Waals surface area contributed by atoms with Crippen LogP contribution in [-0.4, -0.2) is 6.29 Å². The summed E-state index contributed by atoms with van der Waals surface area (Å²) in [5, 5.41) is 1.08. The van der Waals surface area contributed by atoms with E-state index in [-0.39, 0.29) is 0 Å². The molecule has 13 heavy (non-hydrogen) atoms. The van der Waals surface area contributed by atoms with Crippen LogP contribution in [0.3, 0.4) is 0 Å². The highest BCUT2D eigenvalue weighted by atomic mass is 79.9. The predicted molar refractivity (Wildman–Crippen MR) is 62.2 cm³/mol. The van der Waals surface area contributed by atoms with E-state index in [1.807, 2.05) is 18.2 Å². The van der Waals surface area contributed by atoms with Gasteiger partial charge in [-0.25, -0.2) is 0 Å². The van der Waals surface area contributed by atoms with Crippen LogP contribution in [0, 0.1) is 0 Å². The van der Waals surface area contributed by atoms with Crippen molar-refractivity contribution in [3.63, 3.8) is 0 Å². The molecule has 0 aliphatic heterocycles. The topological polar surface area (TPSA) is 17.1 Å². The normalized spacial score (nSPS) is 10.6. The molecule has 2 aromatic rings. The average Bonchev–Trinajstić information content (AvgIpc) is 2.55. The Bertz CT molecular complexity index is 476. The van der Waals surface area contributed by atoms with Gasteiger partial charge in [0.2, 0.25) is 0 Å². The van der Waals surface area contributed by atoms with Crippen molar-refractivity contribution >= 4 is 56.3 Å². The number of thiol groups is 1. The maximum Gasteiger partial charge on any atom is 0.160 e. The first-order valence-electron chi connectivity index (χ1n) is 3.58. The number of benzene rings is 1. The lowest BCUT2D eigenvalue weighted by Crippen LogP contribution is -1.68. The van der Waals surface area contributed by atoms with Gasteiger partial charge in [0.15, 0.2) is 6.29 Å². The van der Waals surface area contributed by atoms with E-state index in [0.717, 1.165) is 30.6 Å². The first kappa shape index (κ1) is 9.24. The van der Waals surface area contributed by atoms with Gasteiger partial charge in [0, 0.05) is 9.37 Å². The van der Waals surface area contributed by atoms with Gasteiger partial charge in [-0.2, -0.15) is 0 Å². The Hall–Kier alpha value is -0.320. The summed E-state index contributed by atoms with van der Waals surface area (Å²) in [6.07, 6.45) is 0.870. The molecule has 2 rings (SSSR count). The van der Waals surface area contributed by atoms with E-state index in [4.69, 9.17) is 0 Å². The van der Waals surface area contributed by atoms with Crippen LogP contribution in [0.25, 0.3) is 10.1 Å². The molecule has 0 saturated heterocycles. The first-order chi connectivity index (χ1) is 6.22. The van der Waals surface area contributed by atoms with E-state index < -0.39 is 0 Å². The smallest absolute Gasteiger partial charge is 0.160 e. The van der Waals surface area contributed by atoms with Crippen molar-refractivity contribution in [3.05, 3.63) is 27.5 Å². The summed E-state index contributed by atoms with van der Waals surface area (Å²) in [7, 11) is 0. The van der Waals surface area contributed by atoms with Gasteiger partial charge >= 0.3 is 0 Å².